The Morgan fingerprint density at radius 2 is 1.96 bits per heavy atom. The SMILES string of the molecule is COCCCNC(=O)C(=O)N/N=C/c1cc(OC)ccc1OC. The van der Waals surface area contributed by atoms with Crippen LogP contribution in [0.2, 0.25) is 0 Å². The Hall–Kier alpha value is -2.61. The zero-order valence-corrected chi connectivity index (χ0v) is 13.4. The molecule has 2 amide bonds. The molecule has 1 aromatic rings. The third kappa shape index (κ3) is 6.35. The van der Waals surface area contributed by atoms with Gasteiger partial charge in [-0.2, -0.15) is 5.10 Å². The van der Waals surface area contributed by atoms with Crippen molar-refractivity contribution in [3.05, 3.63) is 23.8 Å². The van der Waals surface area contributed by atoms with Gasteiger partial charge in [-0.15, -0.1) is 0 Å². The van der Waals surface area contributed by atoms with E-state index in [2.05, 4.69) is 15.8 Å². The van der Waals surface area contributed by atoms with Crippen molar-refractivity contribution in [1.29, 1.82) is 0 Å². The number of carbonyl (C=O) groups is 2. The monoisotopic (exact) mass is 323 g/mol. The highest BCUT2D eigenvalue weighted by atomic mass is 16.5. The first kappa shape index (κ1) is 18.4. The Balaban J connectivity index is 2.54. The van der Waals surface area contributed by atoms with E-state index in [-0.39, 0.29) is 0 Å². The van der Waals surface area contributed by atoms with Crippen LogP contribution in [0.15, 0.2) is 23.3 Å². The standard InChI is InChI=1S/C15H21N3O5/c1-21-8-4-7-16-14(19)15(20)18-17-10-11-9-12(22-2)5-6-13(11)23-3/h5-6,9-10H,4,7-8H2,1-3H3,(H,16,19)(H,18,20)/b17-10+. The average molecular weight is 323 g/mol. The van der Waals surface area contributed by atoms with E-state index in [1.54, 1.807) is 32.4 Å². The lowest BCUT2D eigenvalue weighted by molar-refractivity contribution is -0.139. The molecule has 0 atom stereocenters. The van der Waals surface area contributed by atoms with Gasteiger partial charge < -0.3 is 19.5 Å². The van der Waals surface area contributed by atoms with Gasteiger partial charge in [-0.1, -0.05) is 0 Å². The minimum absolute atomic E-state index is 0.355. The molecule has 1 aromatic carbocycles. The highest BCUT2D eigenvalue weighted by Gasteiger charge is 2.11. The van der Waals surface area contributed by atoms with E-state index in [0.717, 1.165) is 0 Å². The summed E-state index contributed by atoms with van der Waals surface area (Å²) in [5, 5.41) is 6.20. The fraction of sp³-hybridized carbons (Fsp3) is 0.400. The van der Waals surface area contributed by atoms with Gasteiger partial charge in [-0.3, -0.25) is 9.59 Å². The molecule has 0 spiro atoms. The first-order valence-electron chi connectivity index (χ1n) is 6.94. The van der Waals surface area contributed by atoms with Gasteiger partial charge in [0.25, 0.3) is 0 Å². The summed E-state index contributed by atoms with van der Waals surface area (Å²) in [5.41, 5.74) is 2.76. The number of nitrogens with zero attached hydrogens (tertiary/aromatic N) is 1. The van der Waals surface area contributed by atoms with Gasteiger partial charge in [0.15, 0.2) is 0 Å². The average Bonchev–Trinajstić information content (AvgIpc) is 2.58. The Kier molecular flexibility index (Phi) is 8.16. The molecule has 0 unspecified atom stereocenters. The molecule has 2 N–H and O–H groups in total. The van der Waals surface area contributed by atoms with Crippen molar-refractivity contribution < 1.29 is 23.8 Å². The molecule has 0 saturated carbocycles. The van der Waals surface area contributed by atoms with Gasteiger partial charge >= 0.3 is 11.8 Å². The van der Waals surface area contributed by atoms with E-state index in [1.807, 2.05) is 0 Å². The lowest BCUT2D eigenvalue weighted by atomic mass is 10.2. The van der Waals surface area contributed by atoms with E-state index in [9.17, 15) is 9.59 Å². The minimum Gasteiger partial charge on any atom is -0.497 e. The second-order valence-electron chi connectivity index (χ2n) is 4.41. The molecule has 0 saturated heterocycles. The third-order valence-electron chi connectivity index (χ3n) is 2.82. The van der Waals surface area contributed by atoms with Crippen molar-refractivity contribution in [2.45, 2.75) is 6.42 Å². The van der Waals surface area contributed by atoms with Crippen molar-refractivity contribution in [2.75, 3.05) is 34.5 Å². The van der Waals surface area contributed by atoms with E-state index in [0.29, 0.717) is 36.6 Å². The summed E-state index contributed by atoms with van der Waals surface area (Å²) in [6, 6.07) is 5.14. The number of nitrogens with one attached hydrogen (secondary N) is 2. The van der Waals surface area contributed by atoms with Gasteiger partial charge in [0.1, 0.15) is 11.5 Å². The minimum atomic E-state index is -0.847. The Morgan fingerprint density at radius 3 is 2.61 bits per heavy atom. The Bertz CT molecular complexity index is 560. The fourth-order valence-corrected chi connectivity index (χ4v) is 1.65. The molecule has 0 fully saturated rings. The topological polar surface area (TPSA) is 98.2 Å². The fourth-order valence-electron chi connectivity index (χ4n) is 1.65. The molecule has 0 aliphatic rings. The summed E-state index contributed by atoms with van der Waals surface area (Å²) in [5.74, 6) is -0.418. The smallest absolute Gasteiger partial charge is 0.329 e. The van der Waals surface area contributed by atoms with Gasteiger partial charge in [0.2, 0.25) is 0 Å². The molecule has 0 radical (unpaired) electrons. The van der Waals surface area contributed by atoms with Crippen LogP contribution >= 0.6 is 0 Å². The molecule has 0 aliphatic heterocycles. The Morgan fingerprint density at radius 1 is 1.17 bits per heavy atom. The third-order valence-corrected chi connectivity index (χ3v) is 2.82. The van der Waals surface area contributed by atoms with Gasteiger partial charge in [0.05, 0.1) is 20.4 Å². The van der Waals surface area contributed by atoms with Crippen molar-refractivity contribution in [1.82, 2.24) is 10.7 Å². The van der Waals surface area contributed by atoms with Crippen LogP contribution in [0, 0.1) is 0 Å². The zero-order chi connectivity index (χ0) is 17.1. The van der Waals surface area contributed by atoms with Gasteiger partial charge in [-0.25, -0.2) is 5.43 Å². The molecule has 0 aliphatic carbocycles. The van der Waals surface area contributed by atoms with E-state index < -0.39 is 11.8 Å². The van der Waals surface area contributed by atoms with E-state index in [1.165, 1.54) is 13.3 Å². The summed E-state index contributed by atoms with van der Waals surface area (Å²) in [6.45, 7) is 0.864. The zero-order valence-electron chi connectivity index (χ0n) is 13.4. The van der Waals surface area contributed by atoms with Crippen LogP contribution in [0.5, 0.6) is 11.5 Å². The quantitative estimate of drug-likeness (QED) is 0.310. The number of benzene rings is 1. The second kappa shape index (κ2) is 10.2. The summed E-state index contributed by atoms with van der Waals surface area (Å²) in [6.07, 6.45) is 2.00. The molecule has 8 nitrogen and oxygen atoms in total. The molecule has 126 valence electrons. The summed E-state index contributed by atoms with van der Waals surface area (Å²) in [7, 11) is 4.62. The molecule has 0 bridgehead atoms. The maximum atomic E-state index is 11.6. The number of amides is 2. The maximum absolute atomic E-state index is 11.6. The van der Waals surface area contributed by atoms with Crippen LogP contribution in [0.1, 0.15) is 12.0 Å². The van der Waals surface area contributed by atoms with Crippen molar-refractivity contribution in [3.8, 4) is 11.5 Å². The molecule has 8 heteroatoms. The van der Waals surface area contributed by atoms with Crippen molar-refractivity contribution in [3.63, 3.8) is 0 Å². The van der Waals surface area contributed by atoms with Crippen molar-refractivity contribution >= 4 is 18.0 Å². The lowest BCUT2D eigenvalue weighted by Gasteiger charge is -2.07. The number of carbonyl (C=O) groups excluding carboxylic acids is 2. The summed E-state index contributed by atoms with van der Waals surface area (Å²) in [4.78, 5) is 23.0. The van der Waals surface area contributed by atoms with Gasteiger partial charge in [-0.05, 0) is 24.6 Å². The largest absolute Gasteiger partial charge is 0.497 e. The van der Waals surface area contributed by atoms with Crippen LogP contribution < -0.4 is 20.2 Å². The molecular weight excluding hydrogens is 302 g/mol. The molecule has 1 rings (SSSR count). The lowest BCUT2D eigenvalue weighted by Crippen LogP contribution is -2.38. The number of rotatable bonds is 8. The van der Waals surface area contributed by atoms with E-state index >= 15 is 0 Å². The maximum Gasteiger partial charge on any atom is 0.329 e. The summed E-state index contributed by atoms with van der Waals surface area (Å²) < 4.78 is 15.1. The predicted octanol–water partition coefficient (Wildman–Crippen LogP) is 0.307. The molecule has 23 heavy (non-hydrogen) atoms. The van der Waals surface area contributed by atoms with Crippen LogP contribution in [0.3, 0.4) is 0 Å². The number of hydrogen-bond acceptors (Lipinski definition) is 6. The first-order chi connectivity index (χ1) is 11.1. The Labute approximate surface area is 134 Å². The number of methoxy groups -OCH3 is 3. The van der Waals surface area contributed by atoms with E-state index in [4.69, 9.17) is 14.2 Å². The predicted molar refractivity (Wildman–Crippen MR) is 84.8 cm³/mol. The summed E-state index contributed by atoms with van der Waals surface area (Å²) >= 11 is 0. The molecule has 0 heterocycles. The van der Waals surface area contributed by atoms with Crippen LogP contribution in [0.4, 0.5) is 0 Å². The highest BCUT2D eigenvalue weighted by molar-refractivity contribution is 6.35. The van der Waals surface area contributed by atoms with Crippen LogP contribution in [0.25, 0.3) is 0 Å². The molecule has 0 aromatic heterocycles. The highest BCUT2D eigenvalue weighted by Crippen LogP contribution is 2.22. The van der Waals surface area contributed by atoms with Crippen LogP contribution in [-0.2, 0) is 14.3 Å². The first-order valence-corrected chi connectivity index (χ1v) is 6.94. The number of ether oxygens (including phenoxy) is 3. The van der Waals surface area contributed by atoms with Crippen molar-refractivity contribution in [2.24, 2.45) is 5.10 Å². The number of hydrazone groups is 1. The number of hydrogen-bond donors (Lipinski definition) is 2. The molecular formula is C15H21N3O5. The second-order valence-corrected chi connectivity index (χ2v) is 4.41. The normalized spacial score (nSPS) is 10.4. The van der Waals surface area contributed by atoms with Gasteiger partial charge in [0, 0.05) is 25.8 Å². The van der Waals surface area contributed by atoms with Crippen LogP contribution in [-0.4, -0.2) is 52.5 Å².